The smallest absolute Gasteiger partial charge is 0.410 e. The number of carbonyl (C=O) groups excluding carboxylic acids is 1. The lowest BCUT2D eigenvalue weighted by molar-refractivity contribution is -0.135. The molecular weight excluding hydrogens is 450 g/mol. The van der Waals surface area contributed by atoms with Gasteiger partial charge in [0.1, 0.15) is 18.8 Å². The molecule has 1 aromatic rings. The van der Waals surface area contributed by atoms with Gasteiger partial charge in [0, 0.05) is 19.0 Å². The quantitative estimate of drug-likeness (QED) is 0.490. The number of hydrogen-bond acceptors (Lipinski definition) is 7. The van der Waals surface area contributed by atoms with Crippen LogP contribution in [0.2, 0.25) is 0 Å². The molecule has 1 amide bonds. The molecule has 2 atom stereocenters. The van der Waals surface area contributed by atoms with Crippen LogP contribution >= 0.6 is 0 Å². The second kappa shape index (κ2) is 11.5. The molecule has 0 unspecified atom stereocenters. The van der Waals surface area contributed by atoms with Crippen molar-refractivity contribution < 1.29 is 32.9 Å². The second-order valence-corrected chi connectivity index (χ2v) is 10.0. The number of nitrogens with zero attached hydrogens (tertiary/aromatic N) is 2. The summed E-state index contributed by atoms with van der Waals surface area (Å²) >= 11 is 0. The van der Waals surface area contributed by atoms with E-state index in [1.165, 1.54) is 4.90 Å². The number of benzene rings is 1. The van der Waals surface area contributed by atoms with E-state index >= 15 is 0 Å². The van der Waals surface area contributed by atoms with E-state index < -0.39 is 42.3 Å². The molecule has 1 saturated heterocycles. The number of nitroso groups, excluding NO2 is 1. The van der Waals surface area contributed by atoms with E-state index in [1.807, 2.05) is 0 Å². The molecule has 10 heteroatoms. The number of alkyl halides is 2. The fourth-order valence-corrected chi connectivity index (χ4v) is 3.73. The molecule has 1 N–H and O–H groups in total. The Labute approximate surface area is 199 Å². The van der Waals surface area contributed by atoms with Gasteiger partial charge >= 0.3 is 6.09 Å². The highest BCUT2D eigenvalue weighted by molar-refractivity contribution is 5.68. The van der Waals surface area contributed by atoms with Crippen LogP contribution in [0.25, 0.3) is 0 Å². The molecule has 1 aliphatic heterocycles. The van der Waals surface area contributed by atoms with Crippen molar-refractivity contribution in [3.8, 4) is 0 Å². The summed E-state index contributed by atoms with van der Waals surface area (Å²) in [5.74, 6) is -3.70. The van der Waals surface area contributed by atoms with Crippen molar-refractivity contribution in [2.45, 2.75) is 70.9 Å². The minimum absolute atomic E-state index is 0.0261. The molecule has 1 aliphatic rings. The van der Waals surface area contributed by atoms with Gasteiger partial charge in [-0.25, -0.2) is 13.6 Å². The minimum atomic E-state index is -3.09. The van der Waals surface area contributed by atoms with Gasteiger partial charge in [-0.2, -0.15) is 4.91 Å². The van der Waals surface area contributed by atoms with Crippen LogP contribution in [0.3, 0.4) is 0 Å². The van der Waals surface area contributed by atoms with Gasteiger partial charge in [0.25, 0.3) is 5.92 Å². The van der Waals surface area contributed by atoms with Gasteiger partial charge in [0.15, 0.2) is 0 Å². The number of hydrogen-bond donors (Lipinski definition) is 1. The third-order valence-corrected chi connectivity index (χ3v) is 5.49. The molecule has 1 fully saturated rings. The normalized spacial score (nSPS) is 21.6. The van der Waals surface area contributed by atoms with Gasteiger partial charge in [-0.15, -0.1) is 0 Å². The number of piperidine rings is 1. The maximum absolute atomic E-state index is 13.8. The molecule has 192 valence electrons. The molecule has 2 rings (SSSR count). The lowest BCUT2D eigenvalue weighted by Gasteiger charge is -2.44. The van der Waals surface area contributed by atoms with E-state index in [2.05, 4.69) is 5.18 Å². The highest BCUT2D eigenvalue weighted by Crippen LogP contribution is 2.38. The van der Waals surface area contributed by atoms with E-state index in [0.717, 1.165) is 0 Å². The number of likely N-dealkylation sites (tertiary alicyclic amines) is 1. The monoisotopic (exact) mass is 486 g/mol. The van der Waals surface area contributed by atoms with Crippen LogP contribution in [0.1, 0.15) is 52.2 Å². The van der Waals surface area contributed by atoms with Crippen molar-refractivity contribution in [1.82, 2.24) is 4.90 Å². The first-order valence-electron chi connectivity index (χ1n) is 11.4. The van der Waals surface area contributed by atoms with Gasteiger partial charge < -0.3 is 24.2 Å². The van der Waals surface area contributed by atoms with Crippen molar-refractivity contribution in [2.24, 2.45) is 11.1 Å². The third kappa shape index (κ3) is 8.25. The van der Waals surface area contributed by atoms with Crippen LogP contribution < -0.4 is 0 Å². The second-order valence-electron chi connectivity index (χ2n) is 10.0. The molecule has 0 radical (unpaired) electrons. The fourth-order valence-electron chi connectivity index (χ4n) is 3.73. The molecule has 0 saturated carbocycles. The summed E-state index contributed by atoms with van der Waals surface area (Å²) in [7, 11) is 0. The van der Waals surface area contributed by atoms with E-state index in [0.29, 0.717) is 11.1 Å². The highest BCUT2D eigenvalue weighted by Gasteiger charge is 2.45. The Morgan fingerprint density at radius 1 is 1.24 bits per heavy atom. The van der Waals surface area contributed by atoms with Crippen molar-refractivity contribution >= 4 is 6.09 Å². The summed E-state index contributed by atoms with van der Waals surface area (Å²) in [6.45, 7) is 7.37. The number of ether oxygens (including phenoxy) is 3. The fraction of sp³-hybridized carbons (Fsp3) is 0.708. The van der Waals surface area contributed by atoms with E-state index in [9.17, 15) is 23.6 Å². The Morgan fingerprint density at radius 2 is 1.88 bits per heavy atom. The summed E-state index contributed by atoms with van der Waals surface area (Å²) in [5.41, 5.74) is -0.812. The number of amides is 1. The van der Waals surface area contributed by atoms with Crippen LogP contribution in [-0.2, 0) is 26.4 Å². The standard InChI is InChI=1S/C24H36F2N2O6/c1-17(2)33-16-23(25,26)15-32-14-18-6-8-19(9-7-18)24(30)10-11-28(13-20(24)12-27-31)21(29)34-22(3,4)5/h6-9,17,20,30H,10-16H2,1-5H3/t20-,24-/m0/s1. The SMILES string of the molecule is CC(C)OCC(F)(F)COCc1ccc([C@@]2(O)CCN(C(=O)OC(C)(C)C)C[C@@H]2CN=O)cc1. The maximum Gasteiger partial charge on any atom is 0.410 e. The molecule has 0 spiro atoms. The first kappa shape index (κ1) is 28.1. The largest absolute Gasteiger partial charge is 0.444 e. The van der Waals surface area contributed by atoms with Gasteiger partial charge in [-0.1, -0.05) is 29.4 Å². The van der Waals surface area contributed by atoms with Crippen LogP contribution in [-0.4, -0.2) is 66.6 Å². The van der Waals surface area contributed by atoms with E-state index in [-0.39, 0.29) is 38.8 Å². The van der Waals surface area contributed by atoms with Crippen molar-refractivity contribution in [2.75, 3.05) is 32.8 Å². The summed E-state index contributed by atoms with van der Waals surface area (Å²) in [4.78, 5) is 25.0. The maximum atomic E-state index is 13.8. The number of rotatable bonds is 10. The van der Waals surface area contributed by atoms with Gasteiger partial charge in [-0.3, -0.25) is 0 Å². The van der Waals surface area contributed by atoms with E-state index in [1.54, 1.807) is 58.9 Å². The lowest BCUT2D eigenvalue weighted by atomic mass is 9.76. The highest BCUT2D eigenvalue weighted by atomic mass is 19.3. The molecule has 34 heavy (non-hydrogen) atoms. The number of halogens is 2. The summed E-state index contributed by atoms with van der Waals surface area (Å²) in [5, 5.41) is 14.4. The molecule has 1 heterocycles. The molecular formula is C24H36F2N2O6. The first-order chi connectivity index (χ1) is 15.8. The van der Waals surface area contributed by atoms with Crippen molar-refractivity contribution in [3.05, 3.63) is 40.3 Å². The topological polar surface area (TPSA) is 97.7 Å². The average Bonchev–Trinajstić information content (AvgIpc) is 2.73. The van der Waals surface area contributed by atoms with Crippen LogP contribution in [0, 0.1) is 10.8 Å². The Bertz CT molecular complexity index is 813. The van der Waals surface area contributed by atoms with Crippen LogP contribution in [0.4, 0.5) is 13.6 Å². The summed E-state index contributed by atoms with van der Waals surface area (Å²) in [6.07, 6.45) is -0.600. The molecule has 8 nitrogen and oxygen atoms in total. The van der Waals surface area contributed by atoms with E-state index in [4.69, 9.17) is 14.2 Å². The minimum Gasteiger partial charge on any atom is -0.444 e. The summed E-state index contributed by atoms with van der Waals surface area (Å²) < 4.78 is 43.1. The summed E-state index contributed by atoms with van der Waals surface area (Å²) in [6, 6.07) is 6.72. The zero-order valence-electron chi connectivity index (χ0n) is 20.6. The van der Waals surface area contributed by atoms with Crippen LogP contribution in [0.5, 0.6) is 0 Å². The van der Waals surface area contributed by atoms with Crippen LogP contribution in [0.15, 0.2) is 29.4 Å². The Balaban J connectivity index is 2.01. The van der Waals surface area contributed by atoms with Gasteiger partial charge in [-0.05, 0) is 52.2 Å². The number of aliphatic hydroxyl groups is 1. The molecule has 0 bridgehead atoms. The average molecular weight is 487 g/mol. The zero-order chi connectivity index (χ0) is 25.6. The van der Waals surface area contributed by atoms with Crippen molar-refractivity contribution in [3.63, 3.8) is 0 Å². The Hall–Kier alpha value is -2.17. The third-order valence-electron chi connectivity index (χ3n) is 5.49. The predicted octanol–water partition coefficient (Wildman–Crippen LogP) is 4.47. The number of carbonyl (C=O) groups is 1. The molecule has 0 aromatic heterocycles. The Kier molecular flexibility index (Phi) is 9.50. The first-order valence-corrected chi connectivity index (χ1v) is 11.4. The van der Waals surface area contributed by atoms with Gasteiger partial charge in [0.2, 0.25) is 0 Å². The van der Waals surface area contributed by atoms with Crippen molar-refractivity contribution in [1.29, 1.82) is 0 Å². The Morgan fingerprint density at radius 3 is 2.44 bits per heavy atom. The lowest BCUT2D eigenvalue weighted by Crippen LogP contribution is -2.53. The zero-order valence-corrected chi connectivity index (χ0v) is 20.6. The predicted molar refractivity (Wildman–Crippen MR) is 123 cm³/mol. The molecule has 0 aliphatic carbocycles. The van der Waals surface area contributed by atoms with Gasteiger partial charge in [0.05, 0.1) is 24.9 Å². The molecule has 1 aromatic carbocycles.